The maximum absolute atomic E-state index is 13.0. The summed E-state index contributed by atoms with van der Waals surface area (Å²) in [4.78, 5) is 15.0. The third-order valence-corrected chi connectivity index (χ3v) is 6.67. The first-order valence-corrected chi connectivity index (χ1v) is 11.1. The highest BCUT2D eigenvalue weighted by Gasteiger charge is 2.36. The van der Waals surface area contributed by atoms with E-state index in [0.29, 0.717) is 39.1 Å². The van der Waals surface area contributed by atoms with Gasteiger partial charge in [-0.1, -0.05) is 30.3 Å². The predicted octanol–water partition coefficient (Wildman–Crippen LogP) is 1.52. The first-order chi connectivity index (χ1) is 12.3. The van der Waals surface area contributed by atoms with Gasteiger partial charge in [0, 0.05) is 32.0 Å². The number of rotatable bonds is 4. The van der Waals surface area contributed by atoms with Crippen molar-refractivity contribution in [2.45, 2.75) is 38.3 Å². The molecule has 0 aromatic heterocycles. The highest BCUT2D eigenvalue weighted by atomic mass is 32.2. The van der Waals surface area contributed by atoms with E-state index in [1.807, 2.05) is 30.0 Å². The molecule has 2 fully saturated rings. The molecule has 2 atom stereocenters. The SMILES string of the molecule is CC1COC(Cc2ccccc2)CN1C(=O)C1CCN(S(C)(=O)=O)CC1. The number of nitrogens with zero attached hydrogens (tertiary/aromatic N) is 2. The molecule has 2 aliphatic rings. The second-order valence-corrected chi connectivity index (χ2v) is 9.40. The summed E-state index contributed by atoms with van der Waals surface area (Å²) < 4.78 is 30.7. The first-order valence-electron chi connectivity index (χ1n) is 9.25. The zero-order chi connectivity index (χ0) is 18.7. The molecule has 2 saturated heterocycles. The normalized spacial score (nSPS) is 26.0. The van der Waals surface area contributed by atoms with Crippen molar-refractivity contribution in [2.75, 3.05) is 32.5 Å². The van der Waals surface area contributed by atoms with Gasteiger partial charge in [0.25, 0.3) is 0 Å². The quantitative estimate of drug-likeness (QED) is 0.794. The van der Waals surface area contributed by atoms with Crippen molar-refractivity contribution in [1.82, 2.24) is 9.21 Å². The van der Waals surface area contributed by atoms with Crippen molar-refractivity contribution in [3.63, 3.8) is 0 Å². The number of morpholine rings is 1. The van der Waals surface area contributed by atoms with E-state index in [2.05, 4.69) is 12.1 Å². The molecule has 0 aliphatic carbocycles. The van der Waals surface area contributed by atoms with Crippen LogP contribution in [0.25, 0.3) is 0 Å². The van der Waals surface area contributed by atoms with Crippen molar-refractivity contribution in [3.8, 4) is 0 Å². The number of piperidine rings is 1. The van der Waals surface area contributed by atoms with Crippen molar-refractivity contribution in [3.05, 3.63) is 35.9 Å². The Morgan fingerprint density at radius 3 is 2.46 bits per heavy atom. The molecule has 1 aromatic carbocycles. The van der Waals surface area contributed by atoms with Gasteiger partial charge in [0.15, 0.2) is 0 Å². The third-order valence-electron chi connectivity index (χ3n) is 5.37. The van der Waals surface area contributed by atoms with E-state index in [-0.39, 0.29) is 24.0 Å². The molecule has 3 rings (SSSR count). The smallest absolute Gasteiger partial charge is 0.226 e. The highest BCUT2D eigenvalue weighted by molar-refractivity contribution is 7.88. The van der Waals surface area contributed by atoms with Gasteiger partial charge in [0.1, 0.15) is 0 Å². The molecular weight excluding hydrogens is 352 g/mol. The Bertz CT molecular complexity index is 714. The van der Waals surface area contributed by atoms with E-state index in [1.54, 1.807) is 0 Å². The number of sulfonamides is 1. The minimum absolute atomic E-state index is 0.00802. The summed E-state index contributed by atoms with van der Waals surface area (Å²) in [6, 6.07) is 10.2. The fraction of sp³-hybridized carbons (Fsp3) is 0.632. The first kappa shape index (κ1) is 19.3. The molecule has 7 heteroatoms. The van der Waals surface area contributed by atoms with Gasteiger partial charge < -0.3 is 9.64 Å². The van der Waals surface area contributed by atoms with Crippen LogP contribution in [0.3, 0.4) is 0 Å². The van der Waals surface area contributed by atoms with E-state index >= 15 is 0 Å². The Morgan fingerprint density at radius 2 is 1.85 bits per heavy atom. The molecule has 0 saturated carbocycles. The Labute approximate surface area is 156 Å². The molecule has 1 amide bonds. The zero-order valence-corrected chi connectivity index (χ0v) is 16.3. The summed E-state index contributed by atoms with van der Waals surface area (Å²) in [5.41, 5.74) is 1.21. The summed E-state index contributed by atoms with van der Waals surface area (Å²) >= 11 is 0. The minimum atomic E-state index is -3.17. The van der Waals surface area contributed by atoms with Gasteiger partial charge in [-0.3, -0.25) is 4.79 Å². The molecule has 1 aromatic rings. The second-order valence-electron chi connectivity index (χ2n) is 7.42. The lowest BCUT2D eigenvalue weighted by Gasteiger charge is -2.41. The van der Waals surface area contributed by atoms with Crippen LogP contribution in [-0.4, -0.2) is 68.2 Å². The van der Waals surface area contributed by atoms with Crippen molar-refractivity contribution in [2.24, 2.45) is 5.92 Å². The molecule has 26 heavy (non-hydrogen) atoms. The Kier molecular flexibility index (Phi) is 5.99. The van der Waals surface area contributed by atoms with Gasteiger partial charge in [-0.05, 0) is 25.3 Å². The van der Waals surface area contributed by atoms with E-state index in [4.69, 9.17) is 4.74 Å². The standard InChI is InChI=1S/C19H28N2O4S/c1-15-14-25-18(12-16-6-4-3-5-7-16)13-21(15)19(22)17-8-10-20(11-9-17)26(2,23)24/h3-7,15,17-18H,8-14H2,1-2H3. The van der Waals surface area contributed by atoms with Gasteiger partial charge in [0.2, 0.25) is 15.9 Å². The van der Waals surface area contributed by atoms with Crippen LogP contribution < -0.4 is 0 Å². The summed E-state index contributed by atoms with van der Waals surface area (Å²) in [6.07, 6.45) is 3.23. The second kappa shape index (κ2) is 8.06. The predicted molar refractivity (Wildman–Crippen MR) is 100 cm³/mol. The summed E-state index contributed by atoms with van der Waals surface area (Å²) in [5, 5.41) is 0. The molecule has 0 N–H and O–H groups in total. The third kappa shape index (κ3) is 4.64. The van der Waals surface area contributed by atoms with Crippen molar-refractivity contribution < 1.29 is 17.9 Å². The van der Waals surface area contributed by atoms with Gasteiger partial charge in [-0.15, -0.1) is 0 Å². The summed E-state index contributed by atoms with van der Waals surface area (Å²) in [7, 11) is -3.17. The molecule has 144 valence electrons. The lowest BCUT2D eigenvalue weighted by Crippen LogP contribution is -2.54. The summed E-state index contributed by atoms with van der Waals surface area (Å²) in [5.74, 6) is 0.0536. The van der Waals surface area contributed by atoms with E-state index in [9.17, 15) is 13.2 Å². The van der Waals surface area contributed by atoms with Crippen LogP contribution in [0.15, 0.2) is 30.3 Å². The molecule has 0 bridgehead atoms. The van der Waals surface area contributed by atoms with Gasteiger partial charge >= 0.3 is 0 Å². The number of carbonyl (C=O) groups is 1. The lowest BCUT2D eigenvalue weighted by molar-refractivity contribution is -0.149. The molecule has 2 heterocycles. The maximum Gasteiger partial charge on any atom is 0.226 e. The van der Waals surface area contributed by atoms with Gasteiger partial charge in [0.05, 0.1) is 25.0 Å². The molecule has 2 aliphatic heterocycles. The number of hydrogen-bond acceptors (Lipinski definition) is 4. The Morgan fingerprint density at radius 1 is 1.19 bits per heavy atom. The topological polar surface area (TPSA) is 66.9 Å². The largest absolute Gasteiger partial charge is 0.374 e. The number of benzene rings is 1. The number of amides is 1. The lowest BCUT2D eigenvalue weighted by atomic mass is 9.95. The van der Waals surface area contributed by atoms with Gasteiger partial charge in [-0.25, -0.2) is 12.7 Å². The van der Waals surface area contributed by atoms with Crippen LogP contribution in [0.4, 0.5) is 0 Å². The van der Waals surface area contributed by atoms with Crippen molar-refractivity contribution >= 4 is 15.9 Å². The van der Waals surface area contributed by atoms with Crippen LogP contribution in [-0.2, 0) is 26.0 Å². The van der Waals surface area contributed by atoms with Crippen LogP contribution >= 0.6 is 0 Å². The van der Waals surface area contributed by atoms with Crippen molar-refractivity contribution in [1.29, 1.82) is 0 Å². The van der Waals surface area contributed by atoms with Crippen LogP contribution in [0.2, 0.25) is 0 Å². The van der Waals surface area contributed by atoms with E-state index in [1.165, 1.54) is 16.1 Å². The van der Waals surface area contributed by atoms with Crippen LogP contribution in [0.5, 0.6) is 0 Å². The Balaban J connectivity index is 1.59. The molecule has 6 nitrogen and oxygen atoms in total. The average molecular weight is 381 g/mol. The number of ether oxygens (including phenoxy) is 1. The van der Waals surface area contributed by atoms with Crippen LogP contribution in [0, 0.1) is 5.92 Å². The van der Waals surface area contributed by atoms with E-state index < -0.39 is 10.0 Å². The van der Waals surface area contributed by atoms with E-state index in [0.717, 1.165) is 6.42 Å². The monoisotopic (exact) mass is 380 g/mol. The maximum atomic E-state index is 13.0. The minimum Gasteiger partial charge on any atom is -0.374 e. The Hall–Kier alpha value is -1.44. The van der Waals surface area contributed by atoms with Crippen LogP contribution in [0.1, 0.15) is 25.3 Å². The zero-order valence-electron chi connectivity index (χ0n) is 15.5. The molecule has 0 spiro atoms. The molecular formula is C19H28N2O4S. The van der Waals surface area contributed by atoms with Gasteiger partial charge in [-0.2, -0.15) is 0 Å². The number of carbonyl (C=O) groups excluding carboxylic acids is 1. The summed E-state index contributed by atoms with van der Waals surface area (Å²) in [6.45, 7) is 4.03. The molecule has 0 radical (unpaired) electrons. The number of hydrogen-bond donors (Lipinski definition) is 0. The average Bonchev–Trinajstić information content (AvgIpc) is 2.63. The molecule has 2 unspecified atom stereocenters. The highest BCUT2D eigenvalue weighted by Crippen LogP contribution is 2.24. The fourth-order valence-corrected chi connectivity index (χ4v) is 4.67. The fourth-order valence-electron chi connectivity index (χ4n) is 3.79.